The van der Waals surface area contributed by atoms with Crippen LogP contribution in [0, 0.1) is 5.41 Å². The fourth-order valence-corrected chi connectivity index (χ4v) is 3.13. The van der Waals surface area contributed by atoms with Crippen molar-refractivity contribution < 1.29 is 4.79 Å². The fraction of sp³-hybridized carbons (Fsp3) is 0.929. The van der Waals surface area contributed by atoms with Crippen LogP contribution >= 0.6 is 0 Å². The van der Waals surface area contributed by atoms with E-state index in [0.29, 0.717) is 17.9 Å². The van der Waals surface area contributed by atoms with Crippen molar-refractivity contribution in [2.45, 2.75) is 58.4 Å². The number of amides is 1. The van der Waals surface area contributed by atoms with E-state index in [1.807, 2.05) is 0 Å². The van der Waals surface area contributed by atoms with Gasteiger partial charge in [-0.1, -0.05) is 13.8 Å². The quantitative estimate of drug-likeness (QED) is 0.814. The van der Waals surface area contributed by atoms with Crippen LogP contribution < -0.4 is 5.32 Å². The molecular formula is C14H26N2O. The molecule has 2 aliphatic rings. The first-order chi connectivity index (χ1) is 8.05. The van der Waals surface area contributed by atoms with Crippen molar-refractivity contribution in [2.75, 3.05) is 19.6 Å². The molecule has 3 heteroatoms. The Morgan fingerprint density at radius 2 is 2.06 bits per heavy atom. The Kier molecular flexibility index (Phi) is 4.08. The highest BCUT2D eigenvalue weighted by Gasteiger charge is 2.31. The summed E-state index contributed by atoms with van der Waals surface area (Å²) in [7, 11) is 0. The third kappa shape index (κ3) is 3.98. The number of carbonyl (C=O) groups excluding carboxylic acids is 1. The minimum absolute atomic E-state index is 0.250. The molecule has 0 aromatic heterocycles. The second-order valence-corrected chi connectivity index (χ2v) is 6.47. The summed E-state index contributed by atoms with van der Waals surface area (Å²) in [5.41, 5.74) is 0.424. The number of rotatable bonds is 4. The summed E-state index contributed by atoms with van der Waals surface area (Å²) >= 11 is 0. The Hall–Kier alpha value is -0.570. The number of nitrogens with one attached hydrogen (secondary N) is 1. The van der Waals surface area contributed by atoms with Gasteiger partial charge in [0.2, 0.25) is 5.91 Å². The van der Waals surface area contributed by atoms with Crippen molar-refractivity contribution in [1.29, 1.82) is 0 Å². The van der Waals surface area contributed by atoms with Gasteiger partial charge in [0.25, 0.3) is 0 Å². The molecule has 1 unspecified atom stereocenters. The van der Waals surface area contributed by atoms with Crippen molar-refractivity contribution in [3.8, 4) is 0 Å². The van der Waals surface area contributed by atoms with E-state index in [1.165, 1.54) is 32.4 Å². The van der Waals surface area contributed by atoms with E-state index in [0.717, 1.165) is 19.4 Å². The molecule has 2 rings (SSSR count). The predicted octanol–water partition coefficient (Wildman–Crippen LogP) is 2.17. The first-order valence-electron chi connectivity index (χ1n) is 7.07. The summed E-state index contributed by atoms with van der Waals surface area (Å²) in [5, 5.41) is 3.19. The molecule has 1 atom stereocenters. The maximum absolute atomic E-state index is 11.8. The van der Waals surface area contributed by atoms with Crippen LogP contribution in [0.15, 0.2) is 0 Å². The van der Waals surface area contributed by atoms with Crippen molar-refractivity contribution in [3.63, 3.8) is 0 Å². The SMILES string of the molecule is CC1(C)CCC(NC(=O)CCN2CCCC2)C1. The molecule has 0 aromatic carbocycles. The zero-order valence-corrected chi connectivity index (χ0v) is 11.3. The van der Waals surface area contributed by atoms with Crippen LogP contribution in [-0.4, -0.2) is 36.5 Å². The Morgan fingerprint density at radius 3 is 2.65 bits per heavy atom. The lowest BCUT2D eigenvalue weighted by molar-refractivity contribution is -0.122. The van der Waals surface area contributed by atoms with Gasteiger partial charge in [0.1, 0.15) is 0 Å². The Morgan fingerprint density at radius 1 is 1.35 bits per heavy atom. The van der Waals surface area contributed by atoms with Crippen molar-refractivity contribution in [3.05, 3.63) is 0 Å². The van der Waals surface area contributed by atoms with Crippen LogP contribution in [-0.2, 0) is 4.79 Å². The zero-order chi connectivity index (χ0) is 12.3. The van der Waals surface area contributed by atoms with E-state index in [1.54, 1.807) is 0 Å². The molecule has 98 valence electrons. The highest BCUT2D eigenvalue weighted by molar-refractivity contribution is 5.76. The van der Waals surface area contributed by atoms with Gasteiger partial charge in [-0.05, 0) is 50.6 Å². The van der Waals surface area contributed by atoms with Gasteiger partial charge in [-0.2, -0.15) is 0 Å². The lowest BCUT2D eigenvalue weighted by atomic mass is 9.92. The zero-order valence-electron chi connectivity index (χ0n) is 11.3. The smallest absolute Gasteiger partial charge is 0.221 e. The van der Waals surface area contributed by atoms with Crippen molar-refractivity contribution in [1.82, 2.24) is 10.2 Å². The summed E-state index contributed by atoms with van der Waals surface area (Å²) in [4.78, 5) is 14.2. The number of likely N-dealkylation sites (tertiary alicyclic amines) is 1. The molecule has 3 nitrogen and oxygen atoms in total. The standard InChI is InChI=1S/C14H26N2O/c1-14(2)7-5-12(11-14)15-13(17)6-10-16-8-3-4-9-16/h12H,3-11H2,1-2H3,(H,15,17). The van der Waals surface area contributed by atoms with Crippen LogP contribution in [0.5, 0.6) is 0 Å². The molecular weight excluding hydrogens is 212 g/mol. The largest absolute Gasteiger partial charge is 0.353 e. The van der Waals surface area contributed by atoms with Gasteiger partial charge in [0.15, 0.2) is 0 Å². The molecule has 0 spiro atoms. The third-order valence-corrected chi connectivity index (χ3v) is 4.19. The maximum atomic E-state index is 11.8. The minimum Gasteiger partial charge on any atom is -0.353 e. The van der Waals surface area contributed by atoms with Gasteiger partial charge in [-0.15, -0.1) is 0 Å². The molecule has 1 saturated heterocycles. The van der Waals surface area contributed by atoms with E-state index < -0.39 is 0 Å². The molecule has 1 N–H and O–H groups in total. The molecule has 1 aliphatic carbocycles. The number of hydrogen-bond acceptors (Lipinski definition) is 2. The summed E-state index contributed by atoms with van der Waals surface area (Å²) < 4.78 is 0. The predicted molar refractivity (Wildman–Crippen MR) is 69.9 cm³/mol. The van der Waals surface area contributed by atoms with Gasteiger partial charge in [0, 0.05) is 19.0 Å². The van der Waals surface area contributed by atoms with Gasteiger partial charge >= 0.3 is 0 Å². The Bertz CT molecular complexity index is 269. The molecule has 1 saturated carbocycles. The highest BCUT2D eigenvalue weighted by atomic mass is 16.1. The van der Waals surface area contributed by atoms with Crippen LogP contribution in [0.3, 0.4) is 0 Å². The van der Waals surface area contributed by atoms with Crippen molar-refractivity contribution >= 4 is 5.91 Å². The molecule has 17 heavy (non-hydrogen) atoms. The first-order valence-corrected chi connectivity index (χ1v) is 7.07. The van der Waals surface area contributed by atoms with Gasteiger partial charge in [-0.25, -0.2) is 0 Å². The maximum Gasteiger partial charge on any atom is 0.221 e. The van der Waals surface area contributed by atoms with E-state index in [9.17, 15) is 4.79 Å². The van der Waals surface area contributed by atoms with Crippen molar-refractivity contribution in [2.24, 2.45) is 5.41 Å². The molecule has 1 amide bonds. The van der Waals surface area contributed by atoms with Gasteiger partial charge in [0.05, 0.1) is 0 Å². The fourth-order valence-electron chi connectivity index (χ4n) is 3.13. The number of nitrogens with zero attached hydrogens (tertiary/aromatic N) is 1. The van der Waals surface area contributed by atoms with Crippen LogP contribution in [0.2, 0.25) is 0 Å². The molecule has 0 aromatic rings. The summed E-state index contributed by atoms with van der Waals surface area (Å²) in [6.07, 6.45) is 6.82. The lowest BCUT2D eigenvalue weighted by Gasteiger charge is -2.19. The van der Waals surface area contributed by atoms with E-state index in [2.05, 4.69) is 24.1 Å². The summed E-state index contributed by atoms with van der Waals surface area (Å²) in [5.74, 6) is 0.250. The van der Waals surface area contributed by atoms with E-state index in [4.69, 9.17) is 0 Å². The van der Waals surface area contributed by atoms with Gasteiger partial charge < -0.3 is 10.2 Å². The van der Waals surface area contributed by atoms with Crippen LogP contribution in [0.1, 0.15) is 52.4 Å². The average molecular weight is 238 g/mol. The van der Waals surface area contributed by atoms with Crippen LogP contribution in [0.25, 0.3) is 0 Å². The van der Waals surface area contributed by atoms with E-state index in [-0.39, 0.29) is 5.91 Å². The third-order valence-electron chi connectivity index (χ3n) is 4.19. The van der Waals surface area contributed by atoms with Crippen LogP contribution in [0.4, 0.5) is 0 Å². The molecule has 0 radical (unpaired) electrons. The second-order valence-electron chi connectivity index (χ2n) is 6.47. The lowest BCUT2D eigenvalue weighted by Crippen LogP contribution is -2.35. The topological polar surface area (TPSA) is 32.3 Å². The second kappa shape index (κ2) is 5.38. The first kappa shape index (κ1) is 12.9. The highest BCUT2D eigenvalue weighted by Crippen LogP contribution is 2.36. The molecule has 1 aliphatic heterocycles. The molecule has 0 bridgehead atoms. The average Bonchev–Trinajstić information content (AvgIpc) is 2.85. The number of hydrogen-bond donors (Lipinski definition) is 1. The minimum atomic E-state index is 0.250. The summed E-state index contributed by atoms with van der Waals surface area (Å²) in [6, 6.07) is 0.427. The Labute approximate surface area is 105 Å². The van der Waals surface area contributed by atoms with Gasteiger partial charge in [-0.3, -0.25) is 4.79 Å². The molecule has 2 fully saturated rings. The van der Waals surface area contributed by atoms with E-state index >= 15 is 0 Å². The summed E-state index contributed by atoms with van der Waals surface area (Å²) in [6.45, 7) is 7.90. The monoisotopic (exact) mass is 238 g/mol. The Balaban J connectivity index is 1.64. The molecule has 1 heterocycles. The number of carbonyl (C=O) groups is 1. The normalized spacial score (nSPS) is 28.5.